The van der Waals surface area contributed by atoms with E-state index in [1.807, 2.05) is 31.2 Å². The average Bonchev–Trinajstić information content (AvgIpc) is 3.26. The van der Waals surface area contributed by atoms with Gasteiger partial charge in [0.25, 0.3) is 5.22 Å². The molecule has 4 rings (SSSR count). The second-order valence-corrected chi connectivity index (χ2v) is 8.06. The third-order valence-electron chi connectivity index (χ3n) is 4.24. The molecule has 0 bridgehead atoms. The molecule has 1 atom stereocenters. The fourth-order valence-electron chi connectivity index (χ4n) is 3.04. The Hall–Kier alpha value is -1.99. The molecule has 140 valence electrons. The number of ether oxygens (including phenoxy) is 2. The van der Waals surface area contributed by atoms with Crippen LogP contribution in [-0.2, 0) is 12.2 Å². The first kappa shape index (κ1) is 18.4. The number of fused-ring (bicyclic) bond motifs is 1. The Bertz CT molecular complexity index is 960. The average molecular weight is 447 g/mol. The van der Waals surface area contributed by atoms with Crippen LogP contribution < -0.4 is 9.47 Å². The molecule has 5 nitrogen and oxygen atoms in total. The summed E-state index contributed by atoms with van der Waals surface area (Å²) < 4.78 is 18.5. The van der Waals surface area contributed by atoms with Crippen molar-refractivity contribution in [3.05, 3.63) is 52.0 Å². The highest BCUT2D eigenvalue weighted by atomic mass is 79.9. The lowest BCUT2D eigenvalue weighted by Gasteiger charge is -2.11. The summed E-state index contributed by atoms with van der Waals surface area (Å²) in [5.41, 5.74) is 3.15. The predicted molar refractivity (Wildman–Crippen MR) is 108 cm³/mol. The minimum absolute atomic E-state index is 0.209. The first-order valence-corrected chi connectivity index (χ1v) is 10.6. The molecule has 27 heavy (non-hydrogen) atoms. The molecule has 0 fully saturated rings. The monoisotopic (exact) mass is 446 g/mol. The van der Waals surface area contributed by atoms with Crippen LogP contribution in [0.3, 0.4) is 0 Å². The van der Waals surface area contributed by atoms with Crippen molar-refractivity contribution in [3.63, 3.8) is 0 Å². The van der Waals surface area contributed by atoms with Crippen molar-refractivity contribution >= 4 is 27.7 Å². The number of halogens is 1. The second kappa shape index (κ2) is 7.94. The summed E-state index contributed by atoms with van der Waals surface area (Å²) in [6.45, 7) is 4.70. The van der Waals surface area contributed by atoms with E-state index in [1.54, 1.807) is 0 Å². The van der Waals surface area contributed by atoms with Gasteiger partial charge in [-0.3, -0.25) is 0 Å². The number of benzene rings is 2. The quantitative estimate of drug-likeness (QED) is 0.465. The molecule has 0 amide bonds. The number of rotatable bonds is 6. The van der Waals surface area contributed by atoms with Crippen LogP contribution in [0.4, 0.5) is 0 Å². The van der Waals surface area contributed by atoms with E-state index in [2.05, 4.69) is 45.2 Å². The fraction of sp³-hybridized carbons (Fsp3) is 0.300. The summed E-state index contributed by atoms with van der Waals surface area (Å²) in [5.74, 6) is 3.01. The number of hydrogen-bond donors (Lipinski definition) is 0. The van der Waals surface area contributed by atoms with E-state index >= 15 is 0 Å². The minimum Gasteiger partial charge on any atom is -0.494 e. The number of nitrogens with zero attached hydrogens (tertiary/aromatic N) is 2. The van der Waals surface area contributed by atoms with Crippen molar-refractivity contribution in [1.82, 2.24) is 10.2 Å². The van der Waals surface area contributed by atoms with Gasteiger partial charge in [-0.2, -0.15) is 0 Å². The zero-order chi connectivity index (χ0) is 18.8. The minimum atomic E-state index is 0.209. The first-order valence-electron chi connectivity index (χ1n) is 8.80. The van der Waals surface area contributed by atoms with Crippen LogP contribution in [0.25, 0.3) is 11.5 Å². The Kier molecular flexibility index (Phi) is 5.41. The molecular weight excluding hydrogens is 428 g/mol. The molecule has 0 radical (unpaired) electrons. The van der Waals surface area contributed by atoms with Crippen LogP contribution in [0.1, 0.15) is 25.0 Å². The van der Waals surface area contributed by atoms with Gasteiger partial charge in [-0.05, 0) is 54.0 Å². The van der Waals surface area contributed by atoms with Gasteiger partial charge in [0.2, 0.25) is 5.89 Å². The molecule has 0 saturated carbocycles. The van der Waals surface area contributed by atoms with Crippen LogP contribution in [0.5, 0.6) is 11.5 Å². The summed E-state index contributed by atoms with van der Waals surface area (Å²) in [6.07, 6.45) is 1.13. The van der Waals surface area contributed by atoms with Gasteiger partial charge in [0, 0.05) is 27.8 Å². The first-order chi connectivity index (χ1) is 13.1. The highest BCUT2D eigenvalue weighted by molar-refractivity contribution is 9.10. The molecule has 1 aliphatic rings. The Morgan fingerprint density at radius 2 is 2.11 bits per heavy atom. The molecule has 1 aromatic heterocycles. The molecule has 2 aromatic carbocycles. The van der Waals surface area contributed by atoms with Gasteiger partial charge in [-0.25, -0.2) is 0 Å². The van der Waals surface area contributed by atoms with Gasteiger partial charge in [0.1, 0.15) is 17.6 Å². The van der Waals surface area contributed by atoms with Crippen molar-refractivity contribution in [2.75, 3.05) is 6.61 Å². The molecule has 0 spiro atoms. The summed E-state index contributed by atoms with van der Waals surface area (Å²) in [7, 11) is 0. The molecule has 0 aliphatic carbocycles. The van der Waals surface area contributed by atoms with Crippen LogP contribution in [-0.4, -0.2) is 22.9 Å². The summed E-state index contributed by atoms with van der Waals surface area (Å²) >= 11 is 5.00. The van der Waals surface area contributed by atoms with Crippen LogP contribution >= 0.6 is 27.7 Å². The summed E-state index contributed by atoms with van der Waals surface area (Å²) in [5, 5.41) is 8.85. The normalized spacial score (nSPS) is 15.4. The largest absolute Gasteiger partial charge is 0.494 e. The van der Waals surface area contributed by atoms with Crippen molar-refractivity contribution in [2.45, 2.75) is 37.3 Å². The van der Waals surface area contributed by atoms with Gasteiger partial charge < -0.3 is 13.9 Å². The van der Waals surface area contributed by atoms with Gasteiger partial charge in [0.05, 0.1) is 12.2 Å². The zero-order valence-electron chi connectivity index (χ0n) is 15.1. The van der Waals surface area contributed by atoms with Crippen LogP contribution in [0.15, 0.2) is 50.5 Å². The van der Waals surface area contributed by atoms with E-state index in [-0.39, 0.29) is 6.10 Å². The van der Waals surface area contributed by atoms with E-state index in [0.29, 0.717) is 23.5 Å². The second-order valence-electron chi connectivity index (χ2n) is 6.27. The fourth-order valence-corrected chi connectivity index (χ4v) is 4.23. The molecule has 0 saturated heterocycles. The highest BCUT2D eigenvalue weighted by Gasteiger charge is 2.22. The van der Waals surface area contributed by atoms with Crippen molar-refractivity contribution < 1.29 is 13.9 Å². The Morgan fingerprint density at radius 3 is 2.93 bits per heavy atom. The Balaban J connectivity index is 1.52. The van der Waals surface area contributed by atoms with Crippen molar-refractivity contribution in [2.24, 2.45) is 0 Å². The third kappa shape index (κ3) is 3.99. The lowest BCUT2D eigenvalue weighted by Crippen LogP contribution is -2.05. The molecule has 3 aromatic rings. The summed E-state index contributed by atoms with van der Waals surface area (Å²) in [4.78, 5) is 0. The topological polar surface area (TPSA) is 57.4 Å². The molecule has 1 unspecified atom stereocenters. The molecular formula is C20H19BrN2O3S. The number of hydrogen-bond acceptors (Lipinski definition) is 6. The van der Waals surface area contributed by atoms with Crippen molar-refractivity contribution in [3.8, 4) is 23.0 Å². The standard InChI is InChI=1S/C20H19BrN2O3S/c1-3-24-17-9-13-8-12(2)25-18(13)10-14(17)11-27-20-23-22-19(26-20)15-6-4-5-7-16(15)21/h4-7,9-10,12H,3,8,11H2,1-2H3. The lowest BCUT2D eigenvalue weighted by molar-refractivity contribution is 0.254. The molecule has 0 N–H and O–H groups in total. The van der Waals surface area contributed by atoms with E-state index in [0.717, 1.165) is 33.5 Å². The van der Waals surface area contributed by atoms with Gasteiger partial charge in [-0.15, -0.1) is 10.2 Å². The van der Waals surface area contributed by atoms with Gasteiger partial charge in [0.15, 0.2) is 0 Å². The molecule has 2 heterocycles. The Morgan fingerprint density at radius 1 is 1.26 bits per heavy atom. The maximum Gasteiger partial charge on any atom is 0.277 e. The smallest absolute Gasteiger partial charge is 0.277 e. The number of thioether (sulfide) groups is 1. The van der Waals surface area contributed by atoms with Crippen LogP contribution in [0.2, 0.25) is 0 Å². The van der Waals surface area contributed by atoms with Gasteiger partial charge >= 0.3 is 0 Å². The highest BCUT2D eigenvalue weighted by Crippen LogP contribution is 2.38. The van der Waals surface area contributed by atoms with E-state index < -0.39 is 0 Å². The number of aromatic nitrogens is 2. The van der Waals surface area contributed by atoms with Crippen LogP contribution in [0, 0.1) is 0 Å². The third-order valence-corrected chi connectivity index (χ3v) is 5.80. The SMILES string of the molecule is CCOc1cc2c(cc1CSc1nnc(-c3ccccc3Br)o1)OC(C)C2. The van der Waals surface area contributed by atoms with E-state index in [4.69, 9.17) is 13.9 Å². The molecule has 7 heteroatoms. The predicted octanol–water partition coefficient (Wildman–Crippen LogP) is 5.51. The Labute approximate surface area is 170 Å². The molecule has 1 aliphatic heterocycles. The maximum absolute atomic E-state index is 5.89. The van der Waals surface area contributed by atoms with Gasteiger partial charge in [-0.1, -0.05) is 23.9 Å². The zero-order valence-corrected chi connectivity index (χ0v) is 17.5. The maximum atomic E-state index is 5.89. The van der Waals surface area contributed by atoms with E-state index in [9.17, 15) is 0 Å². The summed E-state index contributed by atoms with van der Waals surface area (Å²) in [6, 6.07) is 12.0. The lowest BCUT2D eigenvalue weighted by atomic mass is 10.1. The van der Waals surface area contributed by atoms with Crippen molar-refractivity contribution in [1.29, 1.82) is 0 Å². The van der Waals surface area contributed by atoms with E-state index in [1.165, 1.54) is 17.3 Å².